The maximum atomic E-state index is 13.2. The fourth-order valence-corrected chi connectivity index (χ4v) is 3.07. The highest BCUT2D eigenvalue weighted by molar-refractivity contribution is 6.05. The van der Waals surface area contributed by atoms with Gasteiger partial charge in [-0.15, -0.1) is 0 Å². The number of amides is 2. The summed E-state index contributed by atoms with van der Waals surface area (Å²) in [4.78, 5) is 41.3. The number of pyridine rings is 1. The number of rotatable bonds is 4. The quantitative estimate of drug-likeness (QED) is 0.860. The van der Waals surface area contributed by atoms with Crippen LogP contribution in [-0.4, -0.2) is 45.4 Å². The number of likely N-dealkylation sites (tertiary alicyclic amines) is 1. The molecule has 7 nitrogen and oxygen atoms in total. The number of piperidine rings is 1. The molecule has 0 radical (unpaired) electrons. The molecule has 1 atom stereocenters. The van der Waals surface area contributed by atoms with Crippen molar-refractivity contribution in [1.29, 1.82) is 0 Å². The van der Waals surface area contributed by atoms with Crippen LogP contribution in [0.1, 0.15) is 40.0 Å². The van der Waals surface area contributed by atoms with Gasteiger partial charge in [0.05, 0.1) is 11.8 Å². The highest BCUT2D eigenvalue weighted by Gasteiger charge is 2.32. The second-order valence-corrected chi connectivity index (χ2v) is 6.28. The third-order valence-corrected chi connectivity index (χ3v) is 4.38. The van der Waals surface area contributed by atoms with Gasteiger partial charge in [-0.25, -0.2) is 9.18 Å². The van der Waals surface area contributed by atoms with Gasteiger partial charge in [0.2, 0.25) is 0 Å². The summed E-state index contributed by atoms with van der Waals surface area (Å²) in [5.74, 6) is -2.61. The second kappa shape index (κ2) is 7.94. The van der Waals surface area contributed by atoms with E-state index in [4.69, 9.17) is 0 Å². The first-order valence-corrected chi connectivity index (χ1v) is 8.51. The van der Waals surface area contributed by atoms with E-state index in [2.05, 4.69) is 10.3 Å². The van der Waals surface area contributed by atoms with Gasteiger partial charge >= 0.3 is 5.97 Å². The van der Waals surface area contributed by atoms with Gasteiger partial charge in [-0.05, 0) is 43.5 Å². The van der Waals surface area contributed by atoms with Crippen LogP contribution < -0.4 is 5.32 Å². The molecule has 3 rings (SSSR count). The number of halogens is 1. The molecule has 0 spiro atoms. The molecule has 0 aliphatic carbocycles. The Labute approximate surface area is 154 Å². The van der Waals surface area contributed by atoms with E-state index in [1.54, 1.807) is 18.2 Å². The lowest BCUT2D eigenvalue weighted by molar-refractivity contribution is -0.143. The highest BCUT2D eigenvalue weighted by atomic mass is 19.1. The molecule has 2 heterocycles. The Kier molecular flexibility index (Phi) is 5.44. The van der Waals surface area contributed by atoms with E-state index < -0.39 is 29.6 Å². The third kappa shape index (κ3) is 4.28. The molecule has 140 valence electrons. The van der Waals surface area contributed by atoms with E-state index in [0.29, 0.717) is 18.7 Å². The van der Waals surface area contributed by atoms with Gasteiger partial charge in [-0.3, -0.25) is 14.6 Å². The van der Waals surface area contributed by atoms with Crippen molar-refractivity contribution in [1.82, 2.24) is 9.88 Å². The van der Waals surface area contributed by atoms with Gasteiger partial charge in [0, 0.05) is 24.0 Å². The third-order valence-electron chi connectivity index (χ3n) is 4.38. The van der Waals surface area contributed by atoms with E-state index in [1.165, 1.54) is 17.2 Å². The Hall–Kier alpha value is -3.29. The maximum Gasteiger partial charge on any atom is 0.326 e. The summed E-state index contributed by atoms with van der Waals surface area (Å²) in [6.07, 6.45) is 4.16. The predicted molar refractivity (Wildman–Crippen MR) is 94.9 cm³/mol. The van der Waals surface area contributed by atoms with Crippen LogP contribution in [0.5, 0.6) is 0 Å². The Morgan fingerprint density at radius 3 is 2.70 bits per heavy atom. The van der Waals surface area contributed by atoms with Crippen molar-refractivity contribution in [3.05, 3.63) is 59.7 Å². The molecule has 1 aliphatic rings. The standard InChI is InChI=1S/C19H18FN3O4/c20-14-8-13(10-21-11-14)17(24)22-15-5-3-4-12(9-15)18(25)23-7-2-1-6-16(23)19(26)27/h3-5,8-11,16H,1-2,6-7H2,(H,22,24)(H,26,27). The summed E-state index contributed by atoms with van der Waals surface area (Å²) in [5, 5.41) is 11.9. The normalized spacial score (nSPS) is 16.6. The zero-order valence-corrected chi connectivity index (χ0v) is 14.4. The molecule has 8 heteroatoms. The van der Waals surface area contributed by atoms with Crippen molar-refractivity contribution in [2.75, 3.05) is 11.9 Å². The molecule has 0 saturated carbocycles. The first-order chi connectivity index (χ1) is 13.0. The number of carboxylic acids is 1. The Morgan fingerprint density at radius 2 is 1.96 bits per heavy atom. The number of anilines is 1. The fraction of sp³-hybridized carbons (Fsp3) is 0.263. The van der Waals surface area contributed by atoms with E-state index in [-0.39, 0.29) is 11.1 Å². The summed E-state index contributed by atoms with van der Waals surface area (Å²) in [5.41, 5.74) is 0.672. The van der Waals surface area contributed by atoms with E-state index >= 15 is 0 Å². The number of carboxylic acid groups (broad SMARTS) is 1. The average molecular weight is 371 g/mol. The summed E-state index contributed by atoms with van der Waals surface area (Å²) in [6, 6.07) is 6.43. The first-order valence-electron chi connectivity index (χ1n) is 8.51. The minimum atomic E-state index is -1.02. The molecule has 1 saturated heterocycles. The summed E-state index contributed by atoms with van der Waals surface area (Å²) in [7, 11) is 0. The zero-order chi connectivity index (χ0) is 19.4. The minimum Gasteiger partial charge on any atom is -0.480 e. The Morgan fingerprint density at radius 1 is 1.15 bits per heavy atom. The van der Waals surface area contributed by atoms with E-state index in [0.717, 1.165) is 25.1 Å². The maximum absolute atomic E-state index is 13.2. The SMILES string of the molecule is O=C(Nc1cccc(C(=O)N2CCCCC2C(=O)O)c1)c1cncc(F)c1. The Bertz CT molecular complexity index is 887. The average Bonchev–Trinajstić information content (AvgIpc) is 2.67. The smallest absolute Gasteiger partial charge is 0.326 e. The molecule has 1 aliphatic heterocycles. The van der Waals surface area contributed by atoms with E-state index in [9.17, 15) is 23.9 Å². The molecule has 2 amide bonds. The van der Waals surface area contributed by atoms with E-state index in [1.807, 2.05) is 0 Å². The number of benzene rings is 1. The van der Waals surface area contributed by atoms with Crippen molar-refractivity contribution in [3.63, 3.8) is 0 Å². The number of nitrogens with zero attached hydrogens (tertiary/aromatic N) is 2. The number of nitrogens with one attached hydrogen (secondary N) is 1. The molecule has 27 heavy (non-hydrogen) atoms. The molecule has 1 unspecified atom stereocenters. The van der Waals surface area contributed by atoms with Crippen LogP contribution in [-0.2, 0) is 4.79 Å². The van der Waals surface area contributed by atoms with Gasteiger partial charge in [-0.1, -0.05) is 6.07 Å². The lowest BCUT2D eigenvalue weighted by Crippen LogP contribution is -2.48. The molecule has 1 aromatic carbocycles. The fourth-order valence-electron chi connectivity index (χ4n) is 3.07. The molecule has 2 aromatic rings. The molecule has 1 fully saturated rings. The van der Waals surface area contributed by atoms with Gasteiger partial charge < -0.3 is 15.3 Å². The zero-order valence-electron chi connectivity index (χ0n) is 14.4. The van der Waals surface area contributed by atoms with Crippen LogP contribution in [0, 0.1) is 5.82 Å². The van der Waals surface area contributed by atoms with Crippen molar-refractivity contribution >= 4 is 23.5 Å². The van der Waals surface area contributed by atoms with Gasteiger partial charge in [0.15, 0.2) is 0 Å². The Balaban J connectivity index is 1.77. The summed E-state index contributed by atoms with van der Waals surface area (Å²) >= 11 is 0. The van der Waals surface area contributed by atoms with Crippen LogP contribution in [0.4, 0.5) is 10.1 Å². The van der Waals surface area contributed by atoms with Crippen LogP contribution in [0.3, 0.4) is 0 Å². The molecular formula is C19H18FN3O4. The number of hydrogen-bond donors (Lipinski definition) is 2. The monoisotopic (exact) mass is 371 g/mol. The molecular weight excluding hydrogens is 353 g/mol. The predicted octanol–water partition coefficient (Wildman–Crippen LogP) is 2.55. The second-order valence-electron chi connectivity index (χ2n) is 6.28. The number of carbonyl (C=O) groups excluding carboxylic acids is 2. The van der Waals surface area contributed by atoms with Crippen LogP contribution >= 0.6 is 0 Å². The number of carbonyl (C=O) groups is 3. The summed E-state index contributed by atoms with van der Waals surface area (Å²) < 4.78 is 13.2. The van der Waals surface area contributed by atoms with Crippen LogP contribution in [0.2, 0.25) is 0 Å². The van der Waals surface area contributed by atoms with Crippen molar-refractivity contribution < 1.29 is 23.9 Å². The number of aliphatic carboxylic acids is 1. The topological polar surface area (TPSA) is 99.6 Å². The molecule has 2 N–H and O–H groups in total. The van der Waals surface area contributed by atoms with Crippen LogP contribution in [0.15, 0.2) is 42.7 Å². The van der Waals surface area contributed by atoms with Crippen molar-refractivity contribution in [2.45, 2.75) is 25.3 Å². The number of aromatic nitrogens is 1. The van der Waals surface area contributed by atoms with Gasteiger partial charge in [0.25, 0.3) is 11.8 Å². The lowest BCUT2D eigenvalue weighted by Gasteiger charge is -2.33. The minimum absolute atomic E-state index is 0.0497. The summed E-state index contributed by atoms with van der Waals surface area (Å²) in [6.45, 7) is 0.376. The van der Waals surface area contributed by atoms with Gasteiger partial charge in [-0.2, -0.15) is 0 Å². The largest absolute Gasteiger partial charge is 0.480 e. The first kappa shape index (κ1) is 18.5. The van der Waals surface area contributed by atoms with Gasteiger partial charge in [0.1, 0.15) is 11.9 Å². The molecule has 0 bridgehead atoms. The van der Waals surface area contributed by atoms with Crippen molar-refractivity contribution in [3.8, 4) is 0 Å². The van der Waals surface area contributed by atoms with Crippen LogP contribution in [0.25, 0.3) is 0 Å². The molecule has 1 aromatic heterocycles. The van der Waals surface area contributed by atoms with Crippen molar-refractivity contribution in [2.24, 2.45) is 0 Å². The lowest BCUT2D eigenvalue weighted by atomic mass is 10.0. The highest BCUT2D eigenvalue weighted by Crippen LogP contribution is 2.21. The number of hydrogen-bond acceptors (Lipinski definition) is 4.